The van der Waals surface area contributed by atoms with Gasteiger partial charge in [0, 0.05) is 15.8 Å². The first-order valence-corrected chi connectivity index (χ1v) is 8.51. The van der Waals surface area contributed by atoms with Gasteiger partial charge < -0.3 is 5.32 Å². The Morgan fingerprint density at radius 1 is 1.47 bits per heavy atom. The van der Waals surface area contributed by atoms with Gasteiger partial charge in [0.15, 0.2) is 9.84 Å². The van der Waals surface area contributed by atoms with Gasteiger partial charge in [-0.05, 0) is 44.9 Å². The number of nitrogens with one attached hydrogen (secondary N) is 1. The molecule has 1 aromatic rings. The second-order valence-electron chi connectivity index (χ2n) is 4.80. The minimum absolute atomic E-state index is 0.178. The SMILES string of the molecule is CNC(c1cc(C)sc1C)C1CCS(=O)(=O)C1. The zero-order valence-electron chi connectivity index (χ0n) is 10.5. The highest BCUT2D eigenvalue weighted by Crippen LogP contribution is 2.35. The van der Waals surface area contributed by atoms with Gasteiger partial charge in [-0.25, -0.2) is 8.42 Å². The van der Waals surface area contributed by atoms with E-state index in [9.17, 15) is 8.42 Å². The summed E-state index contributed by atoms with van der Waals surface area (Å²) in [5.74, 6) is 0.892. The van der Waals surface area contributed by atoms with Crippen LogP contribution in [-0.4, -0.2) is 27.0 Å². The van der Waals surface area contributed by atoms with Gasteiger partial charge >= 0.3 is 0 Å². The molecule has 0 amide bonds. The molecule has 0 bridgehead atoms. The first-order valence-electron chi connectivity index (χ1n) is 5.87. The highest BCUT2D eigenvalue weighted by Gasteiger charge is 2.34. The summed E-state index contributed by atoms with van der Waals surface area (Å²) in [6, 6.07) is 2.36. The predicted molar refractivity (Wildman–Crippen MR) is 72.4 cm³/mol. The zero-order valence-corrected chi connectivity index (χ0v) is 12.1. The van der Waals surface area contributed by atoms with Gasteiger partial charge in [-0.1, -0.05) is 0 Å². The van der Waals surface area contributed by atoms with Crippen molar-refractivity contribution < 1.29 is 8.42 Å². The average Bonchev–Trinajstić information content (AvgIpc) is 2.72. The van der Waals surface area contributed by atoms with Crippen LogP contribution in [0.25, 0.3) is 0 Å². The molecule has 1 aliphatic heterocycles. The molecule has 17 heavy (non-hydrogen) atoms. The van der Waals surface area contributed by atoms with Crippen LogP contribution in [0.5, 0.6) is 0 Å². The second-order valence-corrected chi connectivity index (χ2v) is 8.49. The molecule has 2 unspecified atom stereocenters. The summed E-state index contributed by atoms with van der Waals surface area (Å²) >= 11 is 1.78. The first-order chi connectivity index (χ1) is 7.93. The van der Waals surface area contributed by atoms with Crippen molar-refractivity contribution in [3.63, 3.8) is 0 Å². The fraction of sp³-hybridized carbons (Fsp3) is 0.667. The molecular weight excluding hydrogens is 254 g/mol. The van der Waals surface area contributed by atoms with E-state index in [-0.39, 0.29) is 12.0 Å². The van der Waals surface area contributed by atoms with Crippen molar-refractivity contribution in [3.8, 4) is 0 Å². The minimum atomic E-state index is -2.80. The highest BCUT2D eigenvalue weighted by atomic mass is 32.2. The van der Waals surface area contributed by atoms with Crippen LogP contribution in [0.3, 0.4) is 0 Å². The summed E-state index contributed by atoms with van der Waals surface area (Å²) in [7, 11) is -0.883. The van der Waals surface area contributed by atoms with Crippen LogP contribution in [0.1, 0.15) is 27.8 Å². The van der Waals surface area contributed by atoms with E-state index in [1.54, 1.807) is 11.3 Å². The number of sulfone groups is 1. The average molecular weight is 273 g/mol. The maximum Gasteiger partial charge on any atom is 0.150 e. The van der Waals surface area contributed by atoms with Crippen molar-refractivity contribution in [1.29, 1.82) is 0 Å². The quantitative estimate of drug-likeness (QED) is 0.917. The van der Waals surface area contributed by atoms with Crippen molar-refractivity contribution in [2.45, 2.75) is 26.3 Å². The third kappa shape index (κ3) is 2.72. The van der Waals surface area contributed by atoms with E-state index in [1.165, 1.54) is 15.3 Å². The Kier molecular flexibility index (Phi) is 3.61. The van der Waals surface area contributed by atoms with E-state index in [4.69, 9.17) is 0 Å². The number of aryl methyl sites for hydroxylation is 2. The molecule has 96 valence electrons. The predicted octanol–water partition coefficient (Wildman–Crippen LogP) is 2.06. The zero-order chi connectivity index (χ0) is 12.6. The second kappa shape index (κ2) is 4.71. The Morgan fingerprint density at radius 3 is 2.59 bits per heavy atom. The molecule has 2 heterocycles. The van der Waals surface area contributed by atoms with E-state index in [1.807, 2.05) is 7.05 Å². The summed E-state index contributed by atoms with van der Waals surface area (Å²) < 4.78 is 23.1. The molecule has 1 aliphatic rings. The van der Waals surface area contributed by atoms with Crippen LogP contribution < -0.4 is 5.32 Å². The van der Waals surface area contributed by atoms with E-state index in [0.29, 0.717) is 11.5 Å². The van der Waals surface area contributed by atoms with Crippen LogP contribution in [0.2, 0.25) is 0 Å². The van der Waals surface area contributed by atoms with Gasteiger partial charge in [-0.3, -0.25) is 0 Å². The summed E-state index contributed by atoms with van der Waals surface area (Å²) in [4.78, 5) is 2.59. The van der Waals surface area contributed by atoms with E-state index < -0.39 is 9.84 Å². The van der Waals surface area contributed by atoms with Crippen molar-refractivity contribution >= 4 is 21.2 Å². The Balaban J connectivity index is 2.26. The van der Waals surface area contributed by atoms with Gasteiger partial charge in [0.25, 0.3) is 0 Å². The van der Waals surface area contributed by atoms with E-state index in [0.717, 1.165) is 6.42 Å². The standard InChI is InChI=1S/C12H19NO2S2/c1-8-6-11(9(2)16-8)12(13-3)10-4-5-17(14,15)7-10/h6,10,12-13H,4-5,7H2,1-3H3. The van der Waals surface area contributed by atoms with Gasteiger partial charge in [0.05, 0.1) is 11.5 Å². The van der Waals surface area contributed by atoms with Gasteiger partial charge in [0.2, 0.25) is 0 Å². The lowest BCUT2D eigenvalue weighted by atomic mass is 9.93. The smallest absolute Gasteiger partial charge is 0.150 e. The molecule has 0 saturated carbocycles. The number of rotatable bonds is 3. The summed E-state index contributed by atoms with van der Waals surface area (Å²) in [6.45, 7) is 4.21. The summed E-state index contributed by atoms with van der Waals surface area (Å²) in [6.07, 6.45) is 0.780. The fourth-order valence-corrected chi connectivity index (χ4v) is 5.50. The van der Waals surface area contributed by atoms with Crippen LogP contribution in [0.15, 0.2) is 6.07 Å². The number of thiophene rings is 1. The maximum absolute atomic E-state index is 11.6. The molecule has 0 aliphatic carbocycles. The molecule has 1 fully saturated rings. The molecule has 1 aromatic heterocycles. The Hall–Kier alpha value is -0.390. The summed E-state index contributed by atoms with van der Waals surface area (Å²) in [5.41, 5.74) is 1.28. The highest BCUT2D eigenvalue weighted by molar-refractivity contribution is 7.91. The van der Waals surface area contributed by atoms with Gasteiger partial charge in [-0.15, -0.1) is 11.3 Å². The van der Waals surface area contributed by atoms with Gasteiger partial charge in [-0.2, -0.15) is 0 Å². The largest absolute Gasteiger partial charge is 0.313 e. The van der Waals surface area contributed by atoms with Crippen molar-refractivity contribution in [2.75, 3.05) is 18.6 Å². The molecule has 0 radical (unpaired) electrons. The lowest BCUT2D eigenvalue weighted by molar-refractivity contribution is 0.418. The van der Waals surface area contributed by atoms with Crippen molar-refractivity contribution in [3.05, 3.63) is 21.4 Å². The van der Waals surface area contributed by atoms with E-state index in [2.05, 4.69) is 25.2 Å². The maximum atomic E-state index is 11.6. The van der Waals surface area contributed by atoms with Crippen LogP contribution >= 0.6 is 11.3 Å². The first kappa shape index (κ1) is 13.1. The molecule has 3 nitrogen and oxygen atoms in total. The lowest BCUT2D eigenvalue weighted by Crippen LogP contribution is -2.26. The summed E-state index contributed by atoms with van der Waals surface area (Å²) in [5, 5.41) is 3.29. The van der Waals surface area contributed by atoms with Crippen molar-refractivity contribution in [1.82, 2.24) is 5.32 Å². The molecular formula is C12H19NO2S2. The normalized spacial score (nSPS) is 25.0. The van der Waals surface area contributed by atoms with Crippen LogP contribution in [0, 0.1) is 19.8 Å². The van der Waals surface area contributed by atoms with Crippen LogP contribution in [0.4, 0.5) is 0 Å². The number of hydrogen-bond donors (Lipinski definition) is 1. The third-order valence-electron chi connectivity index (χ3n) is 3.46. The molecule has 2 atom stereocenters. The Bertz CT molecular complexity index is 505. The molecule has 1 saturated heterocycles. The Morgan fingerprint density at radius 2 is 2.18 bits per heavy atom. The number of hydrogen-bond acceptors (Lipinski definition) is 4. The lowest BCUT2D eigenvalue weighted by Gasteiger charge is -2.22. The van der Waals surface area contributed by atoms with Crippen molar-refractivity contribution in [2.24, 2.45) is 5.92 Å². The van der Waals surface area contributed by atoms with E-state index >= 15 is 0 Å². The topological polar surface area (TPSA) is 46.2 Å². The molecule has 5 heteroatoms. The van der Waals surface area contributed by atoms with Crippen LogP contribution in [-0.2, 0) is 9.84 Å². The Labute approximate surface area is 107 Å². The monoisotopic (exact) mass is 273 g/mol. The molecule has 1 N–H and O–H groups in total. The molecule has 0 spiro atoms. The fourth-order valence-electron chi connectivity index (χ4n) is 2.69. The third-order valence-corrected chi connectivity index (χ3v) is 6.24. The molecule has 2 rings (SSSR count). The van der Waals surface area contributed by atoms with Gasteiger partial charge in [0.1, 0.15) is 0 Å². The molecule has 0 aromatic carbocycles. The minimum Gasteiger partial charge on any atom is -0.313 e.